The summed E-state index contributed by atoms with van der Waals surface area (Å²) < 4.78 is 22.3. The van der Waals surface area contributed by atoms with E-state index in [9.17, 15) is 14.0 Å². The van der Waals surface area contributed by atoms with Crippen molar-refractivity contribution in [1.29, 1.82) is 0 Å². The van der Waals surface area contributed by atoms with Crippen LogP contribution in [0.5, 0.6) is 5.75 Å². The van der Waals surface area contributed by atoms with Gasteiger partial charge in [0, 0.05) is 49.7 Å². The molecule has 0 atom stereocenters. The van der Waals surface area contributed by atoms with Crippen LogP contribution >= 0.6 is 0 Å². The minimum Gasteiger partial charge on any atom is -0.487 e. The fourth-order valence-electron chi connectivity index (χ4n) is 4.22. The third-order valence-electron chi connectivity index (χ3n) is 6.16. The summed E-state index contributed by atoms with van der Waals surface area (Å²) in [6.07, 6.45) is 3.86. The molecular formula is C27H25FN4O3. The average molecular weight is 473 g/mol. The molecule has 0 saturated carbocycles. The quantitative estimate of drug-likeness (QED) is 0.393. The maximum absolute atomic E-state index is 14.5. The number of Topliss-reactive ketones (excluding diaryl/α,β-unsaturated/α-hetero) is 1. The molecule has 0 unspecified atom stereocenters. The molecule has 1 amide bonds. The lowest BCUT2D eigenvalue weighted by Gasteiger charge is -2.36. The Morgan fingerprint density at radius 1 is 0.971 bits per heavy atom. The number of hydrogen-bond donors (Lipinski definition) is 0. The maximum atomic E-state index is 14.5. The lowest BCUT2D eigenvalue weighted by Crippen LogP contribution is -2.49. The number of rotatable bonds is 6. The number of aromatic nitrogens is 2. The van der Waals surface area contributed by atoms with E-state index in [2.05, 4.69) is 4.98 Å². The zero-order chi connectivity index (χ0) is 24.4. The molecule has 2 aromatic heterocycles. The number of anilines is 1. The minimum absolute atomic E-state index is 0.0658. The largest absolute Gasteiger partial charge is 0.487 e. The Labute approximate surface area is 202 Å². The molecule has 1 fully saturated rings. The second kappa shape index (κ2) is 9.58. The number of amides is 1. The predicted molar refractivity (Wildman–Crippen MR) is 130 cm³/mol. The number of carbonyl (C=O) groups is 2. The lowest BCUT2D eigenvalue weighted by atomic mass is 10.1. The van der Waals surface area contributed by atoms with Crippen LogP contribution in [0.25, 0.3) is 5.65 Å². The molecule has 0 bridgehead atoms. The van der Waals surface area contributed by atoms with Crippen LogP contribution in [0.3, 0.4) is 0 Å². The summed E-state index contributed by atoms with van der Waals surface area (Å²) in [5.74, 6) is 0.00560. The summed E-state index contributed by atoms with van der Waals surface area (Å²) in [4.78, 5) is 32.6. The summed E-state index contributed by atoms with van der Waals surface area (Å²) in [5.41, 5.74) is 3.07. The van der Waals surface area contributed by atoms with Crippen LogP contribution < -0.4 is 9.64 Å². The summed E-state index contributed by atoms with van der Waals surface area (Å²) in [7, 11) is 0. The van der Waals surface area contributed by atoms with E-state index < -0.39 is 5.82 Å². The lowest BCUT2D eigenvalue weighted by molar-refractivity contribution is 0.0746. The average Bonchev–Trinajstić information content (AvgIpc) is 3.30. The zero-order valence-corrected chi connectivity index (χ0v) is 19.4. The highest BCUT2D eigenvalue weighted by molar-refractivity contribution is 5.95. The summed E-state index contributed by atoms with van der Waals surface area (Å²) in [6.45, 7) is 3.75. The van der Waals surface area contributed by atoms with Crippen molar-refractivity contribution in [3.8, 4) is 5.75 Å². The summed E-state index contributed by atoms with van der Waals surface area (Å²) in [5, 5.41) is 0. The van der Waals surface area contributed by atoms with Crippen molar-refractivity contribution in [2.24, 2.45) is 0 Å². The van der Waals surface area contributed by atoms with E-state index in [-0.39, 0.29) is 11.7 Å². The SMILES string of the molecule is CC(=O)c1ccc(N2CCN(C(=O)c3ccc(OCc4cn5ccccc5n4)cc3)CC2)c(F)c1. The molecule has 5 rings (SSSR count). The van der Waals surface area contributed by atoms with Gasteiger partial charge in [0.1, 0.15) is 23.8 Å². The van der Waals surface area contributed by atoms with E-state index >= 15 is 0 Å². The van der Waals surface area contributed by atoms with E-state index in [1.54, 1.807) is 41.3 Å². The van der Waals surface area contributed by atoms with E-state index in [1.165, 1.54) is 13.0 Å². The van der Waals surface area contributed by atoms with Gasteiger partial charge < -0.3 is 18.9 Å². The Hall–Kier alpha value is -4.20. The van der Waals surface area contributed by atoms with Gasteiger partial charge in [-0.15, -0.1) is 0 Å². The first-order valence-corrected chi connectivity index (χ1v) is 11.5. The Balaban J connectivity index is 1.16. The smallest absolute Gasteiger partial charge is 0.253 e. The number of ether oxygens (including phenoxy) is 1. The number of piperazine rings is 1. The molecule has 0 spiro atoms. The number of halogens is 1. The molecule has 0 N–H and O–H groups in total. The number of benzene rings is 2. The Bertz CT molecular complexity index is 1340. The van der Waals surface area contributed by atoms with E-state index in [1.807, 2.05) is 39.9 Å². The molecule has 7 nitrogen and oxygen atoms in total. The molecule has 1 saturated heterocycles. The number of hydrogen-bond acceptors (Lipinski definition) is 5. The monoisotopic (exact) mass is 472 g/mol. The van der Waals surface area contributed by atoms with Crippen molar-refractivity contribution in [3.05, 3.63) is 95.7 Å². The molecule has 0 radical (unpaired) electrons. The molecule has 1 aliphatic rings. The van der Waals surface area contributed by atoms with Gasteiger partial charge in [-0.3, -0.25) is 9.59 Å². The van der Waals surface area contributed by atoms with Gasteiger partial charge in [0.2, 0.25) is 0 Å². The fourth-order valence-corrected chi connectivity index (χ4v) is 4.22. The van der Waals surface area contributed by atoms with Crippen molar-refractivity contribution in [2.75, 3.05) is 31.1 Å². The van der Waals surface area contributed by atoms with Crippen LogP contribution in [0.4, 0.5) is 10.1 Å². The van der Waals surface area contributed by atoms with Crippen LogP contribution in [0.1, 0.15) is 33.3 Å². The predicted octanol–water partition coefficient (Wildman–Crippen LogP) is 4.22. The van der Waals surface area contributed by atoms with Gasteiger partial charge in [-0.1, -0.05) is 6.07 Å². The number of carbonyl (C=O) groups excluding carboxylic acids is 2. The number of pyridine rings is 1. The Morgan fingerprint density at radius 3 is 2.40 bits per heavy atom. The Morgan fingerprint density at radius 2 is 1.71 bits per heavy atom. The first-order chi connectivity index (χ1) is 17.0. The Kier molecular flexibility index (Phi) is 6.18. The number of fused-ring (bicyclic) bond motifs is 1. The standard InChI is InChI=1S/C27H25FN4O3/c1-19(33)21-7-10-25(24(28)16-21)30-12-14-31(15-13-30)27(34)20-5-8-23(9-6-20)35-18-22-17-32-11-3-2-4-26(32)29-22/h2-11,16-17H,12-15,18H2,1H3. The highest BCUT2D eigenvalue weighted by Crippen LogP contribution is 2.23. The second-order valence-electron chi connectivity index (χ2n) is 8.51. The normalized spacial score (nSPS) is 13.8. The molecule has 4 aromatic rings. The fraction of sp³-hybridized carbons (Fsp3) is 0.222. The van der Waals surface area contributed by atoms with Crippen molar-refractivity contribution in [3.63, 3.8) is 0 Å². The van der Waals surface area contributed by atoms with E-state index in [0.29, 0.717) is 55.3 Å². The van der Waals surface area contributed by atoms with Crippen molar-refractivity contribution in [2.45, 2.75) is 13.5 Å². The molecule has 178 valence electrons. The van der Waals surface area contributed by atoms with Crippen LogP contribution in [-0.4, -0.2) is 52.2 Å². The molecule has 1 aliphatic heterocycles. The highest BCUT2D eigenvalue weighted by Gasteiger charge is 2.24. The van der Waals surface area contributed by atoms with Gasteiger partial charge in [-0.05, 0) is 61.5 Å². The highest BCUT2D eigenvalue weighted by atomic mass is 19.1. The molecular weight excluding hydrogens is 447 g/mol. The number of nitrogens with zero attached hydrogens (tertiary/aromatic N) is 4. The van der Waals surface area contributed by atoms with Gasteiger partial charge in [0.15, 0.2) is 5.78 Å². The summed E-state index contributed by atoms with van der Waals surface area (Å²) >= 11 is 0. The molecule has 8 heteroatoms. The number of imidazole rings is 1. The van der Waals surface area contributed by atoms with Gasteiger partial charge in [-0.25, -0.2) is 9.37 Å². The minimum atomic E-state index is -0.420. The van der Waals surface area contributed by atoms with Gasteiger partial charge >= 0.3 is 0 Å². The van der Waals surface area contributed by atoms with Crippen LogP contribution in [0, 0.1) is 5.82 Å². The zero-order valence-electron chi connectivity index (χ0n) is 19.4. The summed E-state index contributed by atoms with van der Waals surface area (Å²) in [6, 6.07) is 17.4. The van der Waals surface area contributed by atoms with E-state index in [4.69, 9.17) is 4.74 Å². The van der Waals surface area contributed by atoms with E-state index in [0.717, 1.165) is 11.3 Å². The third-order valence-corrected chi connectivity index (χ3v) is 6.16. The first-order valence-electron chi connectivity index (χ1n) is 11.5. The van der Waals surface area contributed by atoms with Crippen molar-refractivity contribution >= 4 is 23.0 Å². The van der Waals surface area contributed by atoms with Gasteiger partial charge in [0.25, 0.3) is 5.91 Å². The van der Waals surface area contributed by atoms with Gasteiger partial charge in [0.05, 0.1) is 11.4 Å². The number of ketones is 1. The van der Waals surface area contributed by atoms with Gasteiger partial charge in [-0.2, -0.15) is 0 Å². The van der Waals surface area contributed by atoms with Crippen LogP contribution in [-0.2, 0) is 6.61 Å². The van der Waals surface area contributed by atoms with Crippen molar-refractivity contribution < 1.29 is 18.7 Å². The van der Waals surface area contributed by atoms with Crippen LogP contribution in [0.15, 0.2) is 73.1 Å². The topological polar surface area (TPSA) is 67.2 Å². The van der Waals surface area contributed by atoms with Crippen LogP contribution in [0.2, 0.25) is 0 Å². The molecule has 35 heavy (non-hydrogen) atoms. The first kappa shape index (κ1) is 22.6. The third kappa shape index (κ3) is 4.87. The molecule has 0 aliphatic carbocycles. The van der Waals surface area contributed by atoms with Crippen molar-refractivity contribution in [1.82, 2.24) is 14.3 Å². The molecule has 2 aromatic carbocycles. The second-order valence-corrected chi connectivity index (χ2v) is 8.51. The molecule has 3 heterocycles. The maximum Gasteiger partial charge on any atom is 0.253 e.